The van der Waals surface area contributed by atoms with Crippen molar-refractivity contribution in [2.45, 2.75) is 45.7 Å². The maximum absolute atomic E-state index is 14.5. The average molecular weight is 679 g/mol. The minimum absolute atomic E-state index is 0.195. The van der Waals surface area contributed by atoms with E-state index in [1.165, 1.54) is 10.5 Å². The topological polar surface area (TPSA) is 109 Å². The van der Waals surface area contributed by atoms with Gasteiger partial charge in [0.25, 0.3) is 17.7 Å². The van der Waals surface area contributed by atoms with Crippen molar-refractivity contribution in [3.05, 3.63) is 106 Å². The smallest absolute Gasteiger partial charge is 0.264 e. The summed E-state index contributed by atoms with van der Waals surface area (Å²) in [6, 6.07) is 21.2. The Morgan fingerprint density at radius 2 is 1.60 bits per heavy atom. The zero-order chi connectivity index (χ0) is 35.5. The van der Waals surface area contributed by atoms with E-state index < -0.39 is 6.04 Å². The van der Waals surface area contributed by atoms with E-state index in [9.17, 15) is 14.4 Å². The van der Waals surface area contributed by atoms with Crippen LogP contribution in [0.25, 0.3) is 0 Å². The van der Waals surface area contributed by atoms with Gasteiger partial charge in [0, 0.05) is 51.5 Å². The zero-order valence-electron chi connectivity index (χ0n) is 29.7. The third-order valence-corrected chi connectivity index (χ3v) is 10.2. The minimum atomic E-state index is -0.600. The molecular formula is C39H46N6O5. The van der Waals surface area contributed by atoms with Crippen LogP contribution in [0, 0.1) is 13.8 Å². The number of rotatable bonds is 12. The van der Waals surface area contributed by atoms with E-state index in [1.54, 1.807) is 31.0 Å². The van der Waals surface area contributed by atoms with Crippen LogP contribution in [0.1, 0.15) is 85.4 Å². The Balaban J connectivity index is 1.23. The quantitative estimate of drug-likeness (QED) is 0.155. The van der Waals surface area contributed by atoms with Gasteiger partial charge in [0.1, 0.15) is 0 Å². The van der Waals surface area contributed by atoms with Crippen molar-refractivity contribution >= 4 is 23.4 Å². The molecule has 11 heteroatoms. The molecule has 2 aliphatic heterocycles. The SMILES string of the molecule is COc1ccc([C@@H](CCCNC(=O)c2c(C)nn(C)c2C)N2C(=O)c3cccc(N4CCN([C@H](C)c5ccccc5)CC4)c3C2=O)cc1OC. The first kappa shape index (κ1) is 34.7. The summed E-state index contributed by atoms with van der Waals surface area (Å²) in [5.74, 6) is 0.222. The van der Waals surface area contributed by atoms with E-state index in [0.29, 0.717) is 53.3 Å². The molecular weight excluding hydrogens is 632 g/mol. The Morgan fingerprint density at radius 1 is 0.880 bits per heavy atom. The summed E-state index contributed by atoms with van der Waals surface area (Å²) in [4.78, 5) is 47.8. The molecule has 1 fully saturated rings. The fourth-order valence-corrected chi connectivity index (χ4v) is 7.32. The number of methoxy groups -OCH3 is 2. The average Bonchev–Trinajstić information content (AvgIpc) is 3.55. The molecule has 0 unspecified atom stereocenters. The summed E-state index contributed by atoms with van der Waals surface area (Å²) >= 11 is 0. The number of imide groups is 1. The van der Waals surface area contributed by atoms with Gasteiger partial charge < -0.3 is 19.7 Å². The molecule has 0 aliphatic carbocycles. The van der Waals surface area contributed by atoms with E-state index in [-0.39, 0.29) is 23.8 Å². The molecule has 0 radical (unpaired) electrons. The Labute approximate surface area is 293 Å². The van der Waals surface area contributed by atoms with E-state index in [4.69, 9.17) is 9.47 Å². The second-order valence-electron chi connectivity index (χ2n) is 13.0. The van der Waals surface area contributed by atoms with Crippen LogP contribution in [0.5, 0.6) is 11.5 Å². The first-order valence-electron chi connectivity index (χ1n) is 17.2. The number of nitrogens with one attached hydrogen (secondary N) is 1. The highest BCUT2D eigenvalue weighted by Crippen LogP contribution is 2.40. The fraction of sp³-hybridized carbons (Fsp3) is 0.385. The molecule has 1 saturated heterocycles. The third kappa shape index (κ3) is 6.57. The van der Waals surface area contributed by atoms with Crippen LogP contribution in [-0.2, 0) is 7.05 Å². The summed E-state index contributed by atoms with van der Waals surface area (Å²) in [5.41, 5.74) is 5.69. The molecule has 3 aromatic carbocycles. The zero-order valence-corrected chi connectivity index (χ0v) is 29.7. The maximum atomic E-state index is 14.5. The lowest BCUT2D eigenvalue weighted by atomic mass is 9.99. The molecule has 0 spiro atoms. The highest BCUT2D eigenvalue weighted by atomic mass is 16.5. The predicted octanol–water partition coefficient (Wildman–Crippen LogP) is 5.48. The number of hydrogen-bond donors (Lipinski definition) is 1. The maximum Gasteiger partial charge on any atom is 0.264 e. The van der Waals surface area contributed by atoms with Gasteiger partial charge in [0.2, 0.25) is 0 Å². The summed E-state index contributed by atoms with van der Waals surface area (Å²) in [6.45, 7) is 9.42. The second kappa shape index (κ2) is 14.8. The summed E-state index contributed by atoms with van der Waals surface area (Å²) in [7, 11) is 4.94. The van der Waals surface area contributed by atoms with Crippen LogP contribution in [-0.4, -0.2) is 84.2 Å². The van der Waals surface area contributed by atoms with Gasteiger partial charge >= 0.3 is 0 Å². The monoisotopic (exact) mass is 678 g/mol. The van der Waals surface area contributed by atoms with Crippen LogP contribution in [0.15, 0.2) is 66.7 Å². The Kier molecular flexibility index (Phi) is 10.2. The Morgan fingerprint density at radius 3 is 2.26 bits per heavy atom. The molecule has 2 atom stereocenters. The molecule has 0 saturated carbocycles. The molecule has 4 aromatic rings. The lowest BCUT2D eigenvalue weighted by Crippen LogP contribution is -2.47. The van der Waals surface area contributed by atoms with E-state index >= 15 is 0 Å². The van der Waals surface area contributed by atoms with Crippen LogP contribution in [0.3, 0.4) is 0 Å². The Bertz CT molecular complexity index is 1880. The molecule has 0 bridgehead atoms. The number of carbonyl (C=O) groups is 3. The number of nitrogens with zero attached hydrogens (tertiary/aromatic N) is 5. The molecule has 3 amide bonds. The highest BCUT2D eigenvalue weighted by Gasteiger charge is 2.43. The van der Waals surface area contributed by atoms with Crippen LogP contribution < -0.4 is 19.7 Å². The number of aromatic nitrogens is 2. The largest absolute Gasteiger partial charge is 0.493 e. The van der Waals surface area contributed by atoms with E-state index in [1.807, 2.05) is 51.2 Å². The van der Waals surface area contributed by atoms with Crippen molar-refractivity contribution < 1.29 is 23.9 Å². The highest BCUT2D eigenvalue weighted by molar-refractivity contribution is 6.24. The number of amides is 3. The van der Waals surface area contributed by atoms with Gasteiger partial charge in [-0.25, -0.2) is 0 Å². The van der Waals surface area contributed by atoms with Crippen molar-refractivity contribution in [2.75, 3.05) is 51.8 Å². The fourth-order valence-electron chi connectivity index (χ4n) is 7.32. The molecule has 1 N–H and O–H groups in total. The van der Waals surface area contributed by atoms with Crippen molar-refractivity contribution in [3.63, 3.8) is 0 Å². The molecule has 6 rings (SSSR count). The minimum Gasteiger partial charge on any atom is -0.493 e. The summed E-state index contributed by atoms with van der Waals surface area (Å²) in [5, 5.41) is 7.37. The summed E-state index contributed by atoms with van der Waals surface area (Å²) in [6.07, 6.45) is 0.947. The number of piperazine rings is 1. The number of aryl methyl sites for hydroxylation is 2. The van der Waals surface area contributed by atoms with Crippen molar-refractivity contribution in [3.8, 4) is 11.5 Å². The van der Waals surface area contributed by atoms with Crippen LogP contribution in [0.4, 0.5) is 5.69 Å². The Hall–Kier alpha value is -5.16. The molecule has 2 aliphatic rings. The standard InChI is InChI=1S/C39H46N6O5/c1-25-35(27(3)42(4)41-25)37(46)40-19-11-16-31(29-17-18-33(49-5)34(24-29)50-6)45-38(47)30-14-10-15-32(36(30)39(45)48)44-22-20-43(21-23-44)26(2)28-12-8-7-9-13-28/h7-10,12-15,17-18,24,26,31H,11,16,19-23H2,1-6H3,(H,40,46)/t26-,31-/m1/s1. The molecule has 50 heavy (non-hydrogen) atoms. The van der Waals surface area contributed by atoms with Gasteiger partial charge in [0.05, 0.1) is 48.3 Å². The van der Waals surface area contributed by atoms with E-state index in [0.717, 1.165) is 43.1 Å². The van der Waals surface area contributed by atoms with Crippen LogP contribution in [0.2, 0.25) is 0 Å². The van der Waals surface area contributed by atoms with Gasteiger partial charge in [-0.2, -0.15) is 5.10 Å². The number of hydrogen-bond acceptors (Lipinski definition) is 8. The molecule has 11 nitrogen and oxygen atoms in total. The first-order valence-corrected chi connectivity index (χ1v) is 17.2. The van der Waals surface area contributed by atoms with Crippen molar-refractivity contribution in [1.29, 1.82) is 0 Å². The second-order valence-corrected chi connectivity index (χ2v) is 13.0. The number of benzene rings is 3. The van der Waals surface area contributed by atoms with Gasteiger partial charge in [-0.05, 0) is 69.0 Å². The van der Waals surface area contributed by atoms with Crippen molar-refractivity contribution in [1.82, 2.24) is 24.9 Å². The van der Waals surface area contributed by atoms with Gasteiger partial charge in [-0.15, -0.1) is 0 Å². The van der Waals surface area contributed by atoms with Crippen molar-refractivity contribution in [2.24, 2.45) is 7.05 Å². The number of ether oxygens (including phenoxy) is 2. The van der Waals surface area contributed by atoms with Gasteiger partial charge in [0.15, 0.2) is 11.5 Å². The van der Waals surface area contributed by atoms with Gasteiger partial charge in [-0.1, -0.05) is 42.5 Å². The summed E-state index contributed by atoms with van der Waals surface area (Å²) < 4.78 is 12.8. The number of fused-ring (bicyclic) bond motifs is 1. The number of anilines is 1. The van der Waals surface area contributed by atoms with Crippen LogP contribution >= 0.6 is 0 Å². The first-order chi connectivity index (χ1) is 24.1. The van der Waals surface area contributed by atoms with E-state index in [2.05, 4.69) is 51.4 Å². The lowest BCUT2D eigenvalue weighted by molar-refractivity contribution is 0.0570. The molecule has 1 aromatic heterocycles. The third-order valence-electron chi connectivity index (χ3n) is 10.2. The molecule has 3 heterocycles. The normalized spacial score (nSPS) is 16.0. The molecule has 262 valence electrons. The lowest BCUT2D eigenvalue weighted by Gasteiger charge is -2.39. The predicted molar refractivity (Wildman–Crippen MR) is 192 cm³/mol. The number of carbonyl (C=O) groups excluding carboxylic acids is 3. The van der Waals surface area contributed by atoms with Gasteiger partial charge in [-0.3, -0.25) is 28.9 Å².